The summed E-state index contributed by atoms with van der Waals surface area (Å²) in [5.41, 5.74) is 5.98. The van der Waals surface area contributed by atoms with Gasteiger partial charge in [-0.2, -0.15) is 5.10 Å². The molecule has 0 heterocycles. The SMILES string of the molecule is COc1ccc(OC)c(/C=N\NC(=O)c2ccc(OCc3ccc(C)cc3)cc2)c1. The predicted molar refractivity (Wildman–Crippen MR) is 117 cm³/mol. The van der Waals surface area contributed by atoms with Gasteiger partial charge in [0.05, 0.1) is 20.4 Å². The van der Waals surface area contributed by atoms with Crippen molar-refractivity contribution in [1.29, 1.82) is 0 Å². The molecule has 0 unspecified atom stereocenters. The number of benzene rings is 3. The fraction of sp³-hybridized carbons (Fsp3) is 0.167. The molecular formula is C24H24N2O4. The number of nitrogens with one attached hydrogen (secondary N) is 1. The van der Waals surface area contributed by atoms with E-state index in [-0.39, 0.29) is 5.91 Å². The Labute approximate surface area is 176 Å². The van der Waals surface area contributed by atoms with Crippen molar-refractivity contribution in [1.82, 2.24) is 5.43 Å². The van der Waals surface area contributed by atoms with E-state index in [0.29, 0.717) is 35.0 Å². The highest BCUT2D eigenvalue weighted by Gasteiger charge is 2.06. The van der Waals surface area contributed by atoms with Crippen molar-refractivity contribution < 1.29 is 19.0 Å². The van der Waals surface area contributed by atoms with E-state index in [1.807, 2.05) is 31.2 Å². The summed E-state index contributed by atoms with van der Waals surface area (Å²) in [6.07, 6.45) is 1.51. The zero-order valence-electron chi connectivity index (χ0n) is 17.2. The molecule has 0 atom stereocenters. The van der Waals surface area contributed by atoms with Gasteiger partial charge in [0.2, 0.25) is 0 Å². The average Bonchev–Trinajstić information content (AvgIpc) is 2.79. The van der Waals surface area contributed by atoms with Gasteiger partial charge in [-0.05, 0) is 55.0 Å². The number of aryl methyl sites for hydroxylation is 1. The van der Waals surface area contributed by atoms with Crippen LogP contribution in [0.4, 0.5) is 0 Å². The van der Waals surface area contributed by atoms with E-state index in [2.05, 4.69) is 10.5 Å². The van der Waals surface area contributed by atoms with E-state index < -0.39 is 0 Å². The van der Waals surface area contributed by atoms with Crippen LogP contribution in [0.5, 0.6) is 17.2 Å². The van der Waals surface area contributed by atoms with Crippen LogP contribution in [0.2, 0.25) is 0 Å². The highest BCUT2D eigenvalue weighted by molar-refractivity contribution is 5.95. The Morgan fingerprint density at radius 2 is 1.63 bits per heavy atom. The fourth-order valence-electron chi connectivity index (χ4n) is 2.72. The number of hydrogen-bond donors (Lipinski definition) is 1. The van der Waals surface area contributed by atoms with Gasteiger partial charge in [0.1, 0.15) is 23.9 Å². The van der Waals surface area contributed by atoms with Crippen molar-refractivity contribution in [3.63, 3.8) is 0 Å². The van der Waals surface area contributed by atoms with Gasteiger partial charge in [-0.1, -0.05) is 29.8 Å². The Hall–Kier alpha value is -3.80. The normalized spacial score (nSPS) is 10.6. The zero-order valence-corrected chi connectivity index (χ0v) is 17.2. The fourth-order valence-corrected chi connectivity index (χ4v) is 2.72. The molecule has 3 aromatic rings. The molecule has 6 nitrogen and oxygen atoms in total. The summed E-state index contributed by atoms with van der Waals surface area (Å²) >= 11 is 0. The molecule has 1 amide bonds. The third-order valence-corrected chi connectivity index (χ3v) is 4.45. The average molecular weight is 404 g/mol. The number of hydrogen-bond acceptors (Lipinski definition) is 5. The van der Waals surface area contributed by atoms with E-state index in [4.69, 9.17) is 14.2 Å². The van der Waals surface area contributed by atoms with Crippen molar-refractivity contribution in [2.75, 3.05) is 14.2 Å². The lowest BCUT2D eigenvalue weighted by molar-refractivity contribution is 0.0955. The Morgan fingerprint density at radius 1 is 0.933 bits per heavy atom. The summed E-state index contributed by atoms with van der Waals surface area (Å²) in [4.78, 5) is 12.3. The van der Waals surface area contributed by atoms with Crippen LogP contribution in [-0.2, 0) is 6.61 Å². The lowest BCUT2D eigenvalue weighted by Crippen LogP contribution is -2.17. The number of nitrogens with zero attached hydrogens (tertiary/aromatic N) is 1. The Morgan fingerprint density at radius 3 is 2.30 bits per heavy atom. The maximum atomic E-state index is 12.3. The Kier molecular flexibility index (Phi) is 7.05. The monoisotopic (exact) mass is 404 g/mol. The van der Waals surface area contributed by atoms with E-state index in [9.17, 15) is 4.79 Å². The van der Waals surface area contributed by atoms with Gasteiger partial charge < -0.3 is 14.2 Å². The zero-order chi connectivity index (χ0) is 21.3. The van der Waals surface area contributed by atoms with E-state index in [0.717, 1.165) is 5.56 Å². The standard InChI is InChI=1S/C24H24N2O4/c1-17-4-6-18(7-5-17)16-30-21-10-8-19(9-11-21)24(27)26-25-15-20-14-22(28-2)12-13-23(20)29-3/h4-15H,16H2,1-3H3,(H,26,27)/b25-15-. The Balaban J connectivity index is 1.57. The highest BCUT2D eigenvalue weighted by Crippen LogP contribution is 2.22. The van der Waals surface area contributed by atoms with Crippen molar-refractivity contribution in [2.24, 2.45) is 5.10 Å². The molecular weight excluding hydrogens is 380 g/mol. The topological polar surface area (TPSA) is 69.2 Å². The first-order chi connectivity index (χ1) is 14.6. The van der Waals surface area contributed by atoms with Gasteiger partial charge in [0.15, 0.2) is 0 Å². The minimum absolute atomic E-state index is 0.321. The quantitative estimate of drug-likeness (QED) is 0.448. The molecule has 30 heavy (non-hydrogen) atoms. The number of hydrazone groups is 1. The summed E-state index contributed by atoms with van der Waals surface area (Å²) in [5, 5.41) is 4.02. The van der Waals surface area contributed by atoms with Gasteiger partial charge in [0.25, 0.3) is 5.91 Å². The summed E-state index contributed by atoms with van der Waals surface area (Å²) in [7, 11) is 3.15. The molecule has 6 heteroatoms. The lowest BCUT2D eigenvalue weighted by atomic mass is 10.2. The van der Waals surface area contributed by atoms with Crippen molar-refractivity contribution in [2.45, 2.75) is 13.5 Å². The van der Waals surface area contributed by atoms with Crippen LogP contribution in [0, 0.1) is 6.92 Å². The third kappa shape index (κ3) is 5.61. The second-order valence-electron chi connectivity index (χ2n) is 6.61. The number of amides is 1. The van der Waals surface area contributed by atoms with Crippen LogP contribution in [0.15, 0.2) is 71.8 Å². The van der Waals surface area contributed by atoms with Crippen LogP contribution in [0.3, 0.4) is 0 Å². The largest absolute Gasteiger partial charge is 0.497 e. The van der Waals surface area contributed by atoms with Gasteiger partial charge in [-0.3, -0.25) is 4.79 Å². The van der Waals surface area contributed by atoms with Crippen LogP contribution < -0.4 is 19.6 Å². The molecule has 1 N–H and O–H groups in total. The molecule has 0 aromatic heterocycles. The van der Waals surface area contributed by atoms with Gasteiger partial charge in [-0.15, -0.1) is 0 Å². The van der Waals surface area contributed by atoms with Crippen molar-refractivity contribution in [3.8, 4) is 17.2 Å². The number of methoxy groups -OCH3 is 2. The van der Waals surface area contributed by atoms with Crippen LogP contribution >= 0.6 is 0 Å². The molecule has 0 bridgehead atoms. The molecule has 3 aromatic carbocycles. The summed E-state index contributed by atoms with van der Waals surface area (Å²) in [5.74, 6) is 1.67. The number of carbonyl (C=O) groups is 1. The minimum Gasteiger partial charge on any atom is -0.497 e. The van der Waals surface area contributed by atoms with Crippen molar-refractivity contribution in [3.05, 3.63) is 89.0 Å². The molecule has 0 fully saturated rings. The first kappa shape index (κ1) is 20.9. The molecule has 154 valence electrons. The molecule has 0 aliphatic rings. The van der Waals surface area contributed by atoms with Gasteiger partial charge >= 0.3 is 0 Å². The highest BCUT2D eigenvalue weighted by atomic mass is 16.5. The van der Waals surface area contributed by atoms with Crippen LogP contribution in [0.1, 0.15) is 27.0 Å². The lowest BCUT2D eigenvalue weighted by Gasteiger charge is -2.08. The van der Waals surface area contributed by atoms with E-state index in [1.165, 1.54) is 11.8 Å². The molecule has 0 aliphatic heterocycles. The predicted octanol–water partition coefficient (Wildman–Crippen LogP) is 4.36. The molecule has 0 saturated carbocycles. The first-order valence-corrected chi connectivity index (χ1v) is 9.43. The minimum atomic E-state index is -0.321. The van der Waals surface area contributed by atoms with Crippen molar-refractivity contribution >= 4 is 12.1 Å². The van der Waals surface area contributed by atoms with Gasteiger partial charge in [0, 0.05) is 11.1 Å². The molecule has 0 spiro atoms. The van der Waals surface area contributed by atoms with E-state index >= 15 is 0 Å². The first-order valence-electron chi connectivity index (χ1n) is 9.43. The second-order valence-corrected chi connectivity index (χ2v) is 6.61. The van der Waals surface area contributed by atoms with Crippen LogP contribution in [0.25, 0.3) is 0 Å². The second kappa shape index (κ2) is 10.1. The number of rotatable bonds is 8. The molecule has 0 radical (unpaired) electrons. The Bertz CT molecular complexity index is 1010. The molecule has 3 rings (SSSR count). The third-order valence-electron chi connectivity index (χ3n) is 4.45. The maximum Gasteiger partial charge on any atom is 0.271 e. The summed E-state index contributed by atoms with van der Waals surface area (Å²) in [6, 6.07) is 20.4. The van der Waals surface area contributed by atoms with Crippen LogP contribution in [-0.4, -0.2) is 26.3 Å². The smallest absolute Gasteiger partial charge is 0.271 e. The summed E-state index contributed by atoms with van der Waals surface area (Å²) < 4.78 is 16.3. The molecule has 0 aliphatic carbocycles. The maximum absolute atomic E-state index is 12.3. The number of ether oxygens (including phenoxy) is 3. The van der Waals surface area contributed by atoms with Gasteiger partial charge in [-0.25, -0.2) is 5.43 Å². The summed E-state index contributed by atoms with van der Waals surface area (Å²) in [6.45, 7) is 2.52. The van der Waals surface area contributed by atoms with E-state index in [1.54, 1.807) is 56.7 Å². The molecule has 0 saturated heterocycles. The number of carbonyl (C=O) groups excluding carboxylic acids is 1.